The van der Waals surface area contributed by atoms with Crippen molar-refractivity contribution in [1.29, 1.82) is 0 Å². The molecule has 2 aliphatic carbocycles. The molecule has 2 aromatic rings. The van der Waals surface area contributed by atoms with Crippen LogP contribution in [0.4, 0.5) is 0 Å². The van der Waals surface area contributed by atoms with E-state index in [4.69, 9.17) is 0 Å². The van der Waals surface area contributed by atoms with Crippen LogP contribution in [0.3, 0.4) is 0 Å². The van der Waals surface area contributed by atoms with Crippen molar-refractivity contribution in [1.82, 2.24) is 0 Å². The normalized spacial score (nSPS) is 14.2. The fraction of sp³-hybridized carbons (Fsp3) is 0.0526. The van der Waals surface area contributed by atoms with Crippen molar-refractivity contribution in [2.45, 2.75) is 5.92 Å². The van der Waals surface area contributed by atoms with Crippen LogP contribution in [0.2, 0.25) is 0 Å². The number of benzene rings is 2. The van der Waals surface area contributed by atoms with Crippen LogP contribution < -0.4 is 24.8 Å². The third-order valence-corrected chi connectivity index (χ3v) is 3.91. The Balaban J connectivity index is 0.000000807. The number of hydrogen-bond acceptors (Lipinski definition) is 0. The van der Waals surface area contributed by atoms with E-state index in [2.05, 4.69) is 67.3 Å². The smallest absolute Gasteiger partial charge is 1.00 e. The van der Waals surface area contributed by atoms with Gasteiger partial charge in [0.2, 0.25) is 0 Å². The van der Waals surface area contributed by atoms with E-state index in [9.17, 15) is 0 Å². The van der Waals surface area contributed by atoms with Gasteiger partial charge in [-0.05, 0) is 22.3 Å². The fourth-order valence-electron chi connectivity index (χ4n) is 3.12. The monoisotopic (exact) mass is 401 g/mol. The van der Waals surface area contributed by atoms with Gasteiger partial charge in [0.25, 0.3) is 0 Å². The number of halogens is 2. The first kappa shape index (κ1) is 19.2. The van der Waals surface area contributed by atoms with Crippen LogP contribution in [0.15, 0.2) is 78.4 Å². The Bertz CT molecular complexity index is 714. The number of hydrogen-bond donors (Lipinski definition) is 0. The molecule has 0 heterocycles. The summed E-state index contributed by atoms with van der Waals surface area (Å²) in [6.07, 6.45) is 7.57. The van der Waals surface area contributed by atoms with Gasteiger partial charge in [-0.2, -0.15) is 24.3 Å². The summed E-state index contributed by atoms with van der Waals surface area (Å²) in [6, 6.07) is 17.3. The Morgan fingerprint density at radius 3 is 1.73 bits per heavy atom. The Morgan fingerprint density at radius 1 is 0.773 bits per heavy atom. The van der Waals surface area contributed by atoms with Crippen molar-refractivity contribution < 1.29 is 51.0 Å². The largest absolute Gasteiger partial charge is 3.00 e. The summed E-state index contributed by atoms with van der Waals surface area (Å²) < 4.78 is 0. The summed E-state index contributed by atoms with van der Waals surface area (Å²) in [5.74, 6) is 0.308. The Morgan fingerprint density at radius 2 is 1.27 bits per heavy atom. The molecule has 0 aromatic heterocycles. The molecule has 0 fully saturated rings. The first-order chi connectivity index (χ1) is 9.34. The number of allylic oxidation sites excluding steroid dienone is 5. The molecule has 0 saturated heterocycles. The topological polar surface area (TPSA) is 0 Å². The first-order valence-electron chi connectivity index (χ1n) is 6.53. The predicted octanol–water partition coefficient (Wildman–Crippen LogP) is -1.34. The number of fused-ring (bicyclic) bond motifs is 3. The van der Waals surface area contributed by atoms with Crippen LogP contribution in [-0.2, 0) is 26.2 Å². The van der Waals surface area contributed by atoms with Crippen LogP contribution in [0.25, 0.3) is 11.1 Å². The van der Waals surface area contributed by atoms with Crippen LogP contribution in [0.1, 0.15) is 17.0 Å². The van der Waals surface area contributed by atoms with Gasteiger partial charge in [0.1, 0.15) is 0 Å². The van der Waals surface area contributed by atoms with Crippen molar-refractivity contribution in [3.63, 3.8) is 0 Å². The molecule has 107 valence electrons. The van der Waals surface area contributed by atoms with Gasteiger partial charge in [0, 0.05) is 5.92 Å². The van der Waals surface area contributed by atoms with Crippen molar-refractivity contribution in [3.8, 4) is 11.1 Å². The number of rotatable bonds is 1. The second-order valence-electron chi connectivity index (χ2n) is 5.05. The van der Waals surface area contributed by atoms with Gasteiger partial charge in [0.15, 0.2) is 0 Å². The molecule has 3 heteroatoms. The second-order valence-corrected chi connectivity index (χ2v) is 5.05. The van der Waals surface area contributed by atoms with Crippen molar-refractivity contribution in [3.05, 3.63) is 95.6 Å². The van der Waals surface area contributed by atoms with E-state index in [0.717, 1.165) is 5.57 Å². The van der Waals surface area contributed by atoms with E-state index < -0.39 is 0 Å². The fourth-order valence-corrected chi connectivity index (χ4v) is 3.12. The summed E-state index contributed by atoms with van der Waals surface area (Å²) >= 11 is 0. The van der Waals surface area contributed by atoms with E-state index in [1.807, 2.05) is 6.08 Å². The molecule has 0 saturated carbocycles. The minimum atomic E-state index is 0. The van der Waals surface area contributed by atoms with Gasteiger partial charge in [-0.1, -0.05) is 48.5 Å². The quantitative estimate of drug-likeness (QED) is 0.518. The molecule has 4 rings (SSSR count). The summed E-state index contributed by atoms with van der Waals surface area (Å²) in [7, 11) is 0. The summed E-state index contributed by atoms with van der Waals surface area (Å²) in [6.45, 7) is 3.97. The minimum absolute atomic E-state index is 0. The Labute approximate surface area is 163 Å². The maximum absolute atomic E-state index is 3.97. The summed E-state index contributed by atoms with van der Waals surface area (Å²) in [5, 5.41) is 0. The maximum atomic E-state index is 3.97. The van der Waals surface area contributed by atoms with E-state index in [-0.39, 0.29) is 51.0 Å². The van der Waals surface area contributed by atoms with Crippen LogP contribution in [0, 0.1) is 6.08 Å². The molecule has 0 bridgehead atoms. The molecule has 2 aromatic carbocycles. The zero-order valence-corrected chi connectivity index (χ0v) is 15.8. The zero-order valence-electron chi connectivity index (χ0n) is 11.8. The first-order valence-corrected chi connectivity index (χ1v) is 6.53. The van der Waals surface area contributed by atoms with Gasteiger partial charge < -0.3 is 24.8 Å². The van der Waals surface area contributed by atoms with Crippen LogP contribution in [-0.4, -0.2) is 0 Å². The molecule has 0 amide bonds. The van der Waals surface area contributed by atoms with Crippen molar-refractivity contribution in [2.24, 2.45) is 0 Å². The predicted molar refractivity (Wildman–Crippen MR) is 78.8 cm³/mol. The second kappa shape index (κ2) is 7.60. The van der Waals surface area contributed by atoms with E-state index >= 15 is 0 Å². The molecule has 0 spiro atoms. The van der Waals surface area contributed by atoms with E-state index in [1.54, 1.807) is 0 Å². The van der Waals surface area contributed by atoms with Gasteiger partial charge >= 0.3 is 26.2 Å². The Hall–Kier alpha value is -0.877. The third kappa shape index (κ3) is 2.95. The molecule has 2 aliphatic rings. The molecular weight excluding hydrogens is 390 g/mol. The zero-order chi connectivity index (χ0) is 12.8. The SMILES string of the molecule is C=C1[C-]=C(C2c3ccccc3-c3ccccc32)C=C1.[Cl-].[Cl-].[Zr+3]. The van der Waals surface area contributed by atoms with E-state index in [0.29, 0.717) is 5.92 Å². The molecule has 0 N–H and O–H groups in total. The summed E-state index contributed by atoms with van der Waals surface area (Å²) in [4.78, 5) is 0. The van der Waals surface area contributed by atoms with Crippen LogP contribution in [0.5, 0.6) is 0 Å². The van der Waals surface area contributed by atoms with Gasteiger partial charge in [-0.3, -0.25) is 0 Å². The molecule has 0 aliphatic heterocycles. The molecule has 0 unspecified atom stereocenters. The Kier molecular flexibility index (Phi) is 6.62. The van der Waals surface area contributed by atoms with E-state index in [1.165, 1.54) is 27.8 Å². The standard InChI is InChI=1S/C19H13.2ClH.Zr/c1-13-10-11-14(12-13)19-17-8-4-2-6-15(17)16-7-3-5-9-18(16)19;;;/h2-11,19H,1H2;2*1H;/q-1;;;+3/p-2. The molecule has 0 atom stereocenters. The van der Waals surface area contributed by atoms with Gasteiger partial charge in [-0.25, -0.2) is 0 Å². The van der Waals surface area contributed by atoms with Gasteiger partial charge in [-0.15, -0.1) is 11.6 Å². The molecule has 0 nitrogen and oxygen atoms in total. The molecule has 1 radical (unpaired) electrons. The summed E-state index contributed by atoms with van der Waals surface area (Å²) in [5.41, 5.74) is 7.65. The van der Waals surface area contributed by atoms with Crippen LogP contribution >= 0.6 is 0 Å². The average Bonchev–Trinajstić information content (AvgIpc) is 3.00. The van der Waals surface area contributed by atoms with Gasteiger partial charge in [0.05, 0.1) is 0 Å². The third-order valence-electron chi connectivity index (χ3n) is 3.91. The minimum Gasteiger partial charge on any atom is -1.00 e. The van der Waals surface area contributed by atoms with Crippen molar-refractivity contribution >= 4 is 0 Å². The van der Waals surface area contributed by atoms with Crippen molar-refractivity contribution in [2.75, 3.05) is 0 Å². The molecule has 22 heavy (non-hydrogen) atoms. The molecular formula is C19H13Cl2Zr. The maximum Gasteiger partial charge on any atom is 3.00 e. The average molecular weight is 403 g/mol.